The molecule has 0 atom stereocenters. The normalized spacial score (nSPS) is 21.4. The molecule has 0 saturated heterocycles. The third-order valence-corrected chi connectivity index (χ3v) is 8.58. The number of rotatable bonds is 7. The Morgan fingerprint density at radius 1 is 0.522 bits per heavy atom. The lowest BCUT2D eigenvalue weighted by atomic mass is 9.81. The zero-order valence-corrected chi connectivity index (χ0v) is 28.9. The molecular weight excluding hydrogens is 604 g/mol. The number of carbonyl (C=O) groups is 4. The summed E-state index contributed by atoms with van der Waals surface area (Å²) in [5.41, 5.74) is 4.75. The summed E-state index contributed by atoms with van der Waals surface area (Å²) in [5.74, 6) is -5.50. The number of alkyl halides is 4. The minimum absolute atomic E-state index is 0.0736. The van der Waals surface area contributed by atoms with Gasteiger partial charge in [-0.3, -0.25) is 19.2 Å². The van der Waals surface area contributed by atoms with Crippen molar-refractivity contribution in [1.29, 1.82) is 0 Å². The minimum Gasteiger partial charge on any atom is -0.369 e. The van der Waals surface area contributed by atoms with Gasteiger partial charge in [0.25, 0.3) is 0 Å². The van der Waals surface area contributed by atoms with Crippen LogP contribution < -0.4 is 21.7 Å². The quantitative estimate of drug-likeness (QED) is 0.227. The van der Waals surface area contributed by atoms with E-state index >= 15 is 0 Å². The number of amides is 4. The van der Waals surface area contributed by atoms with Crippen LogP contribution in [0.15, 0.2) is 0 Å². The van der Waals surface area contributed by atoms with Crippen LogP contribution >= 0.6 is 0 Å². The summed E-state index contributed by atoms with van der Waals surface area (Å²) in [6, 6.07) is 0.674. The van der Waals surface area contributed by atoms with E-state index in [9.17, 15) is 36.7 Å². The van der Waals surface area contributed by atoms with Crippen LogP contribution in [0.25, 0.3) is 0 Å². The molecule has 0 radical (unpaired) electrons. The minimum atomic E-state index is -2.63. The summed E-state index contributed by atoms with van der Waals surface area (Å²) in [7, 11) is 0. The monoisotopic (exact) mass is 664 g/mol. The second-order valence-electron chi connectivity index (χ2n) is 14.3. The molecule has 4 fully saturated rings. The van der Waals surface area contributed by atoms with Crippen molar-refractivity contribution in [3.8, 4) is 0 Å². The van der Waals surface area contributed by atoms with Crippen LogP contribution in [0.2, 0.25) is 0 Å². The van der Waals surface area contributed by atoms with Crippen LogP contribution in [0.4, 0.5) is 17.6 Å². The maximum Gasteiger partial charge on any atom is 0.249 e. The molecule has 8 nitrogen and oxygen atoms in total. The molecule has 12 heteroatoms. The first-order valence-electron chi connectivity index (χ1n) is 17.3. The van der Waals surface area contributed by atoms with Gasteiger partial charge < -0.3 is 21.7 Å². The van der Waals surface area contributed by atoms with Crippen molar-refractivity contribution >= 4 is 23.6 Å². The summed E-state index contributed by atoms with van der Waals surface area (Å²) in [6.07, 6.45) is 10.2. The largest absolute Gasteiger partial charge is 0.369 e. The highest BCUT2D eigenvalue weighted by Crippen LogP contribution is 2.42. The number of halogens is 4. The molecule has 0 aliphatic heterocycles. The van der Waals surface area contributed by atoms with E-state index in [1.165, 1.54) is 32.1 Å². The highest BCUT2D eigenvalue weighted by Gasteiger charge is 2.47. The Labute approximate surface area is 273 Å². The van der Waals surface area contributed by atoms with Crippen LogP contribution in [0, 0.1) is 23.7 Å². The number of carbonyl (C=O) groups excluding carboxylic acids is 4. The molecule has 0 spiro atoms. The first-order valence-corrected chi connectivity index (χ1v) is 17.3. The van der Waals surface area contributed by atoms with E-state index < -0.39 is 23.7 Å². The van der Waals surface area contributed by atoms with Crippen molar-refractivity contribution in [3.05, 3.63) is 0 Å². The fourth-order valence-electron chi connectivity index (χ4n) is 5.92. The van der Waals surface area contributed by atoms with Crippen LogP contribution in [-0.2, 0) is 19.2 Å². The molecule has 4 rings (SSSR count). The molecule has 0 aromatic heterocycles. The first-order chi connectivity index (χ1) is 21.3. The van der Waals surface area contributed by atoms with Crippen molar-refractivity contribution < 1.29 is 36.7 Å². The molecule has 4 aliphatic carbocycles. The standard InChI is InChI=1S/C10H17F2NO.C10H19NO.C9H17NO.C5H7F2NO/c1-7(2)13-9(14)8-3-5-10(11,12)6-4-8;1-8(2)11-10(12)9-6-4-3-5-7-9;1-7(2)10-9(11)8-5-3-4-6-8;6-5(7)1-3(2-5)4(8)9/h7-8H,3-6H2,1-2H3,(H,13,14);8-9H,3-7H2,1-2H3,(H,11,12);7-8H,3-6H2,1-2H3,(H,10,11);3H,1-2H2,(H2,8,9). The van der Waals surface area contributed by atoms with Crippen molar-refractivity contribution in [2.24, 2.45) is 29.4 Å². The first kappa shape index (κ1) is 41.6. The van der Waals surface area contributed by atoms with Crippen molar-refractivity contribution in [2.75, 3.05) is 0 Å². The zero-order valence-electron chi connectivity index (χ0n) is 28.9. The van der Waals surface area contributed by atoms with Gasteiger partial charge in [-0.15, -0.1) is 0 Å². The zero-order chi connectivity index (χ0) is 35.1. The Bertz CT molecular complexity index is 931. The number of nitrogens with two attached hydrogens (primary N) is 1. The number of hydrogen-bond donors (Lipinski definition) is 4. The average molecular weight is 665 g/mol. The van der Waals surface area contributed by atoms with Crippen LogP contribution in [0.5, 0.6) is 0 Å². The smallest absolute Gasteiger partial charge is 0.249 e. The summed E-state index contributed by atoms with van der Waals surface area (Å²) in [6.45, 7) is 11.8. The molecule has 4 saturated carbocycles. The van der Waals surface area contributed by atoms with E-state index in [0.717, 1.165) is 25.7 Å². The second-order valence-corrected chi connectivity index (χ2v) is 14.3. The third kappa shape index (κ3) is 17.5. The second kappa shape index (κ2) is 20.1. The topological polar surface area (TPSA) is 130 Å². The van der Waals surface area contributed by atoms with Gasteiger partial charge in [-0.2, -0.15) is 0 Å². The predicted molar refractivity (Wildman–Crippen MR) is 172 cm³/mol. The highest BCUT2D eigenvalue weighted by molar-refractivity contribution is 5.80. The van der Waals surface area contributed by atoms with Gasteiger partial charge in [0.1, 0.15) is 0 Å². The lowest BCUT2D eigenvalue weighted by Gasteiger charge is -2.32. The van der Waals surface area contributed by atoms with E-state index in [-0.39, 0.29) is 55.4 Å². The van der Waals surface area contributed by atoms with Gasteiger partial charge in [-0.1, -0.05) is 32.1 Å². The predicted octanol–water partition coefficient (Wildman–Crippen LogP) is 6.65. The maximum absolute atomic E-state index is 12.8. The maximum atomic E-state index is 12.8. The summed E-state index contributed by atoms with van der Waals surface area (Å²) in [4.78, 5) is 44.5. The fraction of sp³-hybridized carbons (Fsp3) is 0.882. The molecule has 0 unspecified atom stereocenters. The van der Waals surface area contributed by atoms with Gasteiger partial charge in [0, 0.05) is 67.5 Å². The van der Waals surface area contributed by atoms with Gasteiger partial charge in [-0.05, 0) is 80.1 Å². The molecular formula is C34H60F4N4O4. The summed E-state index contributed by atoms with van der Waals surface area (Å²) in [5, 5.41) is 8.68. The molecule has 46 heavy (non-hydrogen) atoms. The molecule has 0 aromatic rings. The Balaban J connectivity index is 0.000000310. The fourth-order valence-corrected chi connectivity index (χ4v) is 5.92. The van der Waals surface area contributed by atoms with Crippen molar-refractivity contribution in [2.45, 2.75) is 168 Å². The molecule has 0 heterocycles. The Hall–Kier alpha value is -2.40. The molecule has 0 bridgehead atoms. The number of primary amides is 1. The molecule has 0 aromatic carbocycles. The van der Waals surface area contributed by atoms with Crippen LogP contribution in [0.3, 0.4) is 0 Å². The Morgan fingerprint density at radius 3 is 1.09 bits per heavy atom. The van der Waals surface area contributed by atoms with Gasteiger partial charge >= 0.3 is 0 Å². The Morgan fingerprint density at radius 2 is 0.826 bits per heavy atom. The molecule has 5 N–H and O–H groups in total. The molecule has 4 amide bonds. The van der Waals surface area contributed by atoms with E-state index in [0.29, 0.717) is 36.8 Å². The van der Waals surface area contributed by atoms with E-state index in [4.69, 9.17) is 5.73 Å². The SMILES string of the molecule is CC(C)NC(=O)C1CCC(F)(F)CC1.CC(C)NC(=O)C1CCCC1.CC(C)NC(=O)C1CCCCC1.NC(=O)C1CC(F)(F)C1. The third-order valence-electron chi connectivity index (χ3n) is 8.58. The van der Waals surface area contributed by atoms with E-state index in [1.54, 1.807) is 0 Å². The number of nitrogens with one attached hydrogen (secondary N) is 3. The molecule has 4 aliphatic rings. The van der Waals surface area contributed by atoms with Crippen molar-refractivity contribution in [3.63, 3.8) is 0 Å². The van der Waals surface area contributed by atoms with Crippen molar-refractivity contribution in [1.82, 2.24) is 16.0 Å². The summed E-state index contributed by atoms with van der Waals surface area (Å²) < 4.78 is 49.4. The highest BCUT2D eigenvalue weighted by atomic mass is 19.3. The summed E-state index contributed by atoms with van der Waals surface area (Å²) >= 11 is 0. The van der Waals surface area contributed by atoms with Gasteiger partial charge in [0.05, 0.1) is 0 Å². The lowest BCUT2D eigenvalue weighted by Crippen LogP contribution is -2.42. The van der Waals surface area contributed by atoms with Crippen LogP contribution in [0.1, 0.15) is 138 Å². The Kier molecular flexibility index (Phi) is 18.2. The van der Waals surface area contributed by atoms with Gasteiger partial charge in [0.15, 0.2) is 0 Å². The average Bonchev–Trinajstić information content (AvgIpc) is 3.48. The lowest BCUT2D eigenvalue weighted by molar-refractivity contribution is -0.147. The molecule has 268 valence electrons. The number of hydrogen-bond acceptors (Lipinski definition) is 4. The van der Waals surface area contributed by atoms with Gasteiger partial charge in [0.2, 0.25) is 35.5 Å². The van der Waals surface area contributed by atoms with E-state index in [1.807, 2.05) is 41.5 Å². The van der Waals surface area contributed by atoms with Crippen LogP contribution in [-0.4, -0.2) is 53.6 Å². The van der Waals surface area contributed by atoms with Gasteiger partial charge in [-0.25, -0.2) is 17.6 Å². The van der Waals surface area contributed by atoms with E-state index in [2.05, 4.69) is 16.0 Å².